The lowest BCUT2D eigenvalue weighted by molar-refractivity contribution is 0.179. The molecule has 0 aromatic carbocycles. The Balaban J connectivity index is 2.06. The number of rotatable bonds is 0. The maximum Gasteiger partial charge on any atom is 0.0525 e. The van der Waals surface area contributed by atoms with E-state index < -0.39 is 0 Å². The molecule has 1 nitrogen and oxygen atoms in total. The van der Waals surface area contributed by atoms with Crippen molar-refractivity contribution in [2.24, 2.45) is 11.3 Å². The Morgan fingerprint density at radius 1 is 1.62 bits per heavy atom. The van der Waals surface area contributed by atoms with Crippen LogP contribution in [0.5, 0.6) is 0 Å². The molecule has 46 valence electrons. The van der Waals surface area contributed by atoms with Crippen molar-refractivity contribution in [1.29, 1.82) is 0 Å². The van der Waals surface area contributed by atoms with Crippen molar-refractivity contribution in [3.8, 4) is 0 Å². The zero-order valence-corrected chi connectivity index (χ0v) is 5.31. The molecule has 0 bridgehead atoms. The molecular weight excluding hydrogens is 100 g/mol. The van der Waals surface area contributed by atoms with Crippen LogP contribution in [-0.4, -0.2) is 13.2 Å². The van der Waals surface area contributed by atoms with Crippen LogP contribution in [0.2, 0.25) is 0 Å². The van der Waals surface area contributed by atoms with Gasteiger partial charge in [-0.15, -0.1) is 0 Å². The molecule has 0 amide bonds. The van der Waals surface area contributed by atoms with Crippen LogP contribution in [0.3, 0.4) is 0 Å². The quantitative estimate of drug-likeness (QED) is 0.460. The molecule has 0 N–H and O–H groups in total. The number of ether oxygens (including phenoxy) is 1. The maximum atomic E-state index is 5.29. The van der Waals surface area contributed by atoms with Crippen LogP contribution in [0.4, 0.5) is 0 Å². The SMILES string of the molecule is C[C@H]1C[C@]12CCOC2. The molecule has 0 aromatic heterocycles. The summed E-state index contributed by atoms with van der Waals surface area (Å²) in [6, 6.07) is 0. The Kier molecular flexibility index (Phi) is 0.762. The highest BCUT2D eigenvalue weighted by Gasteiger charge is 2.52. The van der Waals surface area contributed by atoms with Gasteiger partial charge in [-0.05, 0) is 24.2 Å². The van der Waals surface area contributed by atoms with Crippen LogP contribution in [0.25, 0.3) is 0 Å². The normalized spacial score (nSPS) is 52.9. The van der Waals surface area contributed by atoms with Crippen LogP contribution >= 0.6 is 0 Å². The first-order valence-electron chi connectivity index (χ1n) is 3.41. The Labute approximate surface area is 50.0 Å². The summed E-state index contributed by atoms with van der Waals surface area (Å²) in [7, 11) is 0. The van der Waals surface area contributed by atoms with Gasteiger partial charge in [0.25, 0.3) is 0 Å². The average molecular weight is 112 g/mol. The summed E-state index contributed by atoms with van der Waals surface area (Å²) in [5.41, 5.74) is 0.681. The number of hydrogen-bond donors (Lipinski definition) is 0. The van der Waals surface area contributed by atoms with Crippen molar-refractivity contribution in [3.05, 3.63) is 0 Å². The van der Waals surface area contributed by atoms with Crippen molar-refractivity contribution < 1.29 is 4.74 Å². The smallest absolute Gasteiger partial charge is 0.0525 e. The van der Waals surface area contributed by atoms with Gasteiger partial charge in [0.2, 0.25) is 0 Å². The van der Waals surface area contributed by atoms with E-state index in [1.165, 1.54) is 12.8 Å². The second-order valence-corrected chi connectivity index (χ2v) is 3.27. The molecule has 0 unspecified atom stereocenters. The largest absolute Gasteiger partial charge is 0.381 e. The van der Waals surface area contributed by atoms with Gasteiger partial charge in [0, 0.05) is 6.61 Å². The molecule has 2 fully saturated rings. The predicted molar refractivity (Wildman–Crippen MR) is 31.6 cm³/mol. The van der Waals surface area contributed by atoms with Gasteiger partial charge < -0.3 is 4.74 Å². The van der Waals surface area contributed by atoms with Crippen LogP contribution in [0.1, 0.15) is 19.8 Å². The maximum absolute atomic E-state index is 5.29. The molecule has 1 saturated carbocycles. The lowest BCUT2D eigenvalue weighted by Gasteiger charge is -1.99. The Hall–Kier alpha value is -0.0400. The van der Waals surface area contributed by atoms with Crippen LogP contribution < -0.4 is 0 Å². The molecule has 0 radical (unpaired) electrons. The van der Waals surface area contributed by atoms with Crippen molar-refractivity contribution >= 4 is 0 Å². The molecule has 1 spiro atoms. The molecule has 2 aliphatic rings. The van der Waals surface area contributed by atoms with Gasteiger partial charge in [-0.25, -0.2) is 0 Å². The fourth-order valence-electron chi connectivity index (χ4n) is 1.72. The minimum Gasteiger partial charge on any atom is -0.381 e. The highest BCUT2D eigenvalue weighted by atomic mass is 16.5. The van der Waals surface area contributed by atoms with Crippen molar-refractivity contribution in [2.75, 3.05) is 13.2 Å². The van der Waals surface area contributed by atoms with Gasteiger partial charge in [-0.1, -0.05) is 6.92 Å². The third-order valence-corrected chi connectivity index (χ3v) is 2.73. The van der Waals surface area contributed by atoms with E-state index in [1.54, 1.807) is 0 Å². The van der Waals surface area contributed by atoms with Gasteiger partial charge in [-0.2, -0.15) is 0 Å². The first kappa shape index (κ1) is 4.80. The molecule has 8 heavy (non-hydrogen) atoms. The van der Waals surface area contributed by atoms with Crippen molar-refractivity contribution in [2.45, 2.75) is 19.8 Å². The van der Waals surface area contributed by atoms with Gasteiger partial charge in [-0.3, -0.25) is 0 Å². The van der Waals surface area contributed by atoms with E-state index >= 15 is 0 Å². The van der Waals surface area contributed by atoms with Gasteiger partial charge in [0.15, 0.2) is 0 Å². The second kappa shape index (κ2) is 1.27. The highest BCUT2D eigenvalue weighted by Crippen LogP contribution is 2.57. The molecule has 1 saturated heterocycles. The molecule has 0 aromatic rings. The molecule has 1 heterocycles. The van der Waals surface area contributed by atoms with Crippen molar-refractivity contribution in [1.82, 2.24) is 0 Å². The lowest BCUT2D eigenvalue weighted by atomic mass is 10.0. The zero-order valence-electron chi connectivity index (χ0n) is 5.31. The monoisotopic (exact) mass is 112 g/mol. The predicted octanol–water partition coefficient (Wildman–Crippen LogP) is 1.43. The fraction of sp³-hybridized carbons (Fsp3) is 1.00. The first-order chi connectivity index (χ1) is 3.83. The van der Waals surface area contributed by atoms with Gasteiger partial charge in [0.1, 0.15) is 0 Å². The minimum absolute atomic E-state index is 0.681. The van der Waals surface area contributed by atoms with Crippen LogP contribution in [-0.2, 0) is 4.74 Å². The highest BCUT2D eigenvalue weighted by molar-refractivity contribution is 5.01. The molecule has 1 aliphatic heterocycles. The topological polar surface area (TPSA) is 9.23 Å². The standard InChI is InChI=1S/C7H12O/c1-6-4-7(6)2-3-8-5-7/h6H,2-5H2,1H3/t6-,7-/m0/s1. The molecule has 1 aliphatic carbocycles. The second-order valence-electron chi connectivity index (χ2n) is 3.27. The summed E-state index contributed by atoms with van der Waals surface area (Å²) in [5.74, 6) is 0.963. The first-order valence-corrected chi connectivity index (χ1v) is 3.41. The van der Waals surface area contributed by atoms with E-state index in [0.29, 0.717) is 5.41 Å². The Bertz CT molecular complexity index is 103. The van der Waals surface area contributed by atoms with E-state index in [2.05, 4.69) is 6.92 Å². The summed E-state index contributed by atoms with van der Waals surface area (Å²) >= 11 is 0. The van der Waals surface area contributed by atoms with E-state index in [-0.39, 0.29) is 0 Å². The van der Waals surface area contributed by atoms with Crippen molar-refractivity contribution in [3.63, 3.8) is 0 Å². The Morgan fingerprint density at radius 3 is 2.62 bits per heavy atom. The lowest BCUT2D eigenvalue weighted by Crippen LogP contribution is -1.99. The summed E-state index contributed by atoms with van der Waals surface area (Å²) < 4.78 is 5.29. The van der Waals surface area contributed by atoms with E-state index in [9.17, 15) is 0 Å². The molecular formula is C7H12O. The van der Waals surface area contributed by atoms with E-state index in [4.69, 9.17) is 4.74 Å². The molecule has 1 heteroatoms. The van der Waals surface area contributed by atoms with E-state index in [0.717, 1.165) is 19.1 Å². The van der Waals surface area contributed by atoms with Crippen LogP contribution in [0.15, 0.2) is 0 Å². The third kappa shape index (κ3) is 0.455. The van der Waals surface area contributed by atoms with Gasteiger partial charge >= 0.3 is 0 Å². The summed E-state index contributed by atoms with van der Waals surface area (Å²) in [6.45, 7) is 4.40. The van der Waals surface area contributed by atoms with Crippen LogP contribution in [0, 0.1) is 11.3 Å². The minimum atomic E-state index is 0.681. The summed E-state index contributed by atoms with van der Waals surface area (Å²) in [5, 5.41) is 0. The zero-order chi connectivity index (χ0) is 5.61. The summed E-state index contributed by atoms with van der Waals surface area (Å²) in [6.07, 6.45) is 2.75. The fourth-order valence-corrected chi connectivity index (χ4v) is 1.72. The Morgan fingerprint density at radius 2 is 2.38 bits per heavy atom. The summed E-state index contributed by atoms with van der Waals surface area (Å²) in [4.78, 5) is 0. The van der Waals surface area contributed by atoms with E-state index in [1.807, 2.05) is 0 Å². The number of hydrogen-bond acceptors (Lipinski definition) is 1. The average Bonchev–Trinajstić information content (AvgIpc) is 2.29. The molecule has 2 rings (SSSR count). The van der Waals surface area contributed by atoms with Gasteiger partial charge in [0.05, 0.1) is 6.61 Å². The molecule has 2 atom stereocenters. The third-order valence-electron chi connectivity index (χ3n) is 2.73.